The molecule has 16 nitrogen and oxygen atoms in total. The van der Waals surface area contributed by atoms with Gasteiger partial charge in [0.1, 0.15) is 11.5 Å². The number of amides is 6. The van der Waals surface area contributed by atoms with Gasteiger partial charge >= 0.3 is 12.1 Å². The molecule has 0 unspecified atom stereocenters. The van der Waals surface area contributed by atoms with Crippen LogP contribution in [0.2, 0.25) is 10.0 Å². The van der Waals surface area contributed by atoms with E-state index in [1.54, 1.807) is 4.72 Å². The van der Waals surface area contributed by atoms with Gasteiger partial charge in [0.2, 0.25) is 0 Å². The van der Waals surface area contributed by atoms with E-state index in [9.17, 15) is 36.0 Å². The fraction of sp³-hybridized carbons (Fsp3) is 0.391. The number of benzene rings is 4. The molecule has 6 N–H and O–H groups in total. The van der Waals surface area contributed by atoms with E-state index in [-0.39, 0.29) is 30.3 Å². The Balaban J connectivity index is 0.000000340. The van der Waals surface area contributed by atoms with Crippen molar-refractivity contribution >= 4 is 67.1 Å². The molecule has 4 aromatic carbocycles. The molecule has 20 heteroatoms. The molecule has 0 radical (unpaired) electrons. The van der Waals surface area contributed by atoms with Crippen LogP contribution < -0.4 is 40.2 Å². The molecule has 0 atom stereocenters. The van der Waals surface area contributed by atoms with Crippen LogP contribution in [-0.4, -0.2) is 80.1 Å². The number of hydrogen-bond donors (Lipinski definition) is 6. The topological polar surface area (TPSA) is 227 Å². The maximum Gasteiger partial charge on any atom is 0.328 e. The third-order valence-electron chi connectivity index (χ3n) is 8.66. The minimum atomic E-state index is -5.53. The summed E-state index contributed by atoms with van der Waals surface area (Å²) in [6.45, 7) is -0.729. The summed E-state index contributed by atoms with van der Waals surface area (Å²) in [7, 11) is -8.05. The summed E-state index contributed by atoms with van der Waals surface area (Å²) >= 11 is 11.8. The third kappa shape index (κ3) is 15.8. The fourth-order valence-corrected chi connectivity index (χ4v) is 7.41. The van der Waals surface area contributed by atoms with Gasteiger partial charge < -0.3 is 30.7 Å². The molecule has 6 rings (SSSR count). The van der Waals surface area contributed by atoms with Crippen LogP contribution in [0, 0.1) is 0 Å². The SMILES string of the molecule is [2H]c1c([2H])c(OC)c(C(=O)NCCc2c([2H])c([2H])c(S(=O)(=O)NC(=O)NC3([2H])C([2H])([2H])C([2H])([2H])C([2H])([2H])C([2H])([2H])C3([2H])[2H])c([2H])c2[2H])c([2H])c1Cl.[2H]c1c([2H])c(OC)c(C(=O)NCCc2c([2H])c([2H])c(S(=O)(=O)NC(=O)NC3CCCCC3)c([2H])c2[2H])c([2H])c1Cl. The molecule has 6 amide bonds. The maximum atomic E-state index is 13.2. The Morgan fingerprint density at radius 1 is 0.636 bits per heavy atom. The number of hydrogen-bond acceptors (Lipinski definition) is 10. The van der Waals surface area contributed by atoms with Crippen molar-refractivity contribution < 1.29 is 79.8 Å². The third-order valence-corrected chi connectivity index (χ3v) is 11.4. The number of methoxy groups -OCH3 is 2. The highest BCUT2D eigenvalue weighted by atomic mass is 35.5. The van der Waals surface area contributed by atoms with E-state index in [1.807, 2.05) is 0 Å². The van der Waals surface area contributed by atoms with Crippen LogP contribution in [0.15, 0.2) is 94.4 Å². The van der Waals surface area contributed by atoms with Crippen LogP contribution in [0.4, 0.5) is 9.59 Å². The minimum absolute atomic E-state index is 0.195. The van der Waals surface area contributed by atoms with Crippen LogP contribution in [0.5, 0.6) is 11.5 Å². The van der Waals surface area contributed by atoms with E-state index in [4.69, 9.17) is 66.9 Å². The van der Waals surface area contributed by atoms with Gasteiger partial charge in [-0.3, -0.25) is 9.59 Å². The number of ether oxygens (including phenoxy) is 2. The van der Waals surface area contributed by atoms with Crippen molar-refractivity contribution in [3.8, 4) is 11.5 Å². The smallest absolute Gasteiger partial charge is 0.328 e. The zero-order valence-corrected chi connectivity index (χ0v) is 37.7. The highest BCUT2D eigenvalue weighted by Gasteiger charge is 2.23. The van der Waals surface area contributed by atoms with Crippen LogP contribution in [0.3, 0.4) is 0 Å². The monoisotopic (exact) mass is 1010 g/mol. The molecule has 2 aliphatic rings. The summed E-state index contributed by atoms with van der Waals surface area (Å²) in [6, 6.07) is -18.4. The van der Waals surface area contributed by atoms with E-state index in [2.05, 4.69) is 16.0 Å². The van der Waals surface area contributed by atoms with E-state index in [1.165, 1.54) is 5.32 Å². The van der Waals surface area contributed by atoms with Crippen LogP contribution in [0.25, 0.3) is 0 Å². The lowest BCUT2D eigenvalue weighted by Gasteiger charge is -2.22. The van der Waals surface area contributed by atoms with Gasteiger partial charge in [0.05, 0.1) is 55.7 Å². The normalized spacial score (nSPS) is 24.1. The molecule has 66 heavy (non-hydrogen) atoms. The summed E-state index contributed by atoms with van der Waals surface area (Å²) in [5.41, 5.74) is -1.57. The molecule has 2 saturated carbocycles. The molecule has 0 bridgehead atoms. The van der Waals surface area contributed by atoms with Gasteiger partial charge in [-0.2, -0.15) is 0 Å². The largest absolute Gasteiger partial charge is 0.496 e. The molecule has 0 spiro atoms. The Morgan fingerprint density at radius 3 is 1.48 bits per heavy atom. The highest BCUT2D eigenvalue weighted by molar-refractivity contribution is 7.90. The summed E-state index contributed by atoms with van der Waals surface area (Å²) in [4.78, 5) is 48.4. The Kier molecular flexibility index (Phi) is 10.0. The lowest BCUT2D eigenvalue weighted by Crippen LogP contribution is -2.45. The Labute approximate surface area is 431 Å². The second-order valence-electron chi connectivity index (χ2n) is 13.3. The molecule has 0 saturated heterocycles. The van der Waals surface area contributed by atoms with Crippen molar-refractivity contribution in [2.75, 3.05) is 27.3 Å². The lowest BCUT2D eigenvalue weighted by atomic mass is 9.96. The Bertz CT molecular complexity index is 3780. The number of halogens is 2. The summed E-state index contributed by atoms with van der Waals surface area (Å²) in [5, 5.41) is 7.58. The van der Waals surface area contributed by atoms with Gasteiger partial charge in [-0.15, -0.1) is 0 Å². The number of nitrogens with one attached hydrogen (secondary N) is 6. The molecule has 0 aromatic heterocycles. The maximum absolute atomic E-state index is 13.2. The van der Waals surface area contributed by atoms with Gasteiger partial charge in [-0.25, -0.2) is 35.9 Å². The predicted molar refractivity (Wildman–Crippen MR) is 252 cm³/mol. The Morgan fingerprint density at radius 2 is 1.06 bits per heavy atom. The molecule has 0 heterocycles. The molecule has 2 aliphatic carbocycles. The highest BCUT2D eigenvalue weighted by Crippen LogP contribution is 2.24. The lowest BCUT2D eigenvalue weighted by molar-refractivity contribution is 0.0942. The van der Waals surface area contributed by atoms with Gasteiger partial charge in [0.25, 0.3) is 31.9 Å². The first kappa shape index (κ1) is 26.7. The molecule has 356 valence electrons. The van der Waals surface area contributed by atoms with Gasteiger partial charge in [0, 0.05) is 48.9 Å². The van der Waals surface area contributed by atoms with Crippen molar-refractivity contribution in [3.05, 3.63) is 117 Å². The zero-order chi connectivity index (χ0) is 69.8. The van der Waals surface area contributed by atoms with E-state index in [0.29, 0.717) is 12.8 Å². The quantitative estimate of drug-likeness (QED) is 0.0657. The van der Waals surface area contributed by atoms with Crippen molar-refractivity contribution in [1.82, 2.24) is 30.7 Å². The van der Waals surface area contributed by atoms with E-state index < -0.39 is 222 Å². The average molecular weight is 1010 g/mol. The Hall–Kier alpha value is -5.56. The standard InChI is InChI=1S/2C23H28ClN3O5S/c2*1-32-21-12-9-17(24)15-20(21)22(28)25-14-13-16-7-10-19(11-8-16)33(30,31)27-23(29)26-18-5-3-2-4-6-18/h2*7-12,15,18H,2-6,13-14H2,1H3,(H,25,28)(H2,26,27,29)/i2D2,3D2,4D2,5D2,6D2,7D,8D,9D,10D,11D,12D,15D,18D;7D,8D,9D,10D,11D,12D,15D. The first-order valence-electron chi connectivity index (χ1n) is 31.7. The molecule has 2 fully saturated rings. The van der Waals surface area contributed by atoms with Crippen LogP contribution in [-0.2, 0) is 32.9 Å². The van der Waals surface area contributed by atoms with Crippen molar-refractivity contribution in [1.29, 1.82) is 0 Å². The number of urea groups is 2. The second kappa shape index (κ2) is 24.8. The predicted octanol–water partition coefficient (Wildman–Crippen LogP) is 7.28. The van der Waals surface area contributed by atoms with Crippen LogP contribution >= 0.6 is 23.2 Å². The summed E-state index contributed by atoms with van der Waals surface area (Å²) in [6.07, 6.45) is -16.7. The van der Waals surface area contributed by atoms with E-state index in [0.717, 1.165) is 38.2 Å². The zero-order valence-electron chi connectivity index (χ0n) is 59.6. The molecule has 0 aliphatic heterocycles. The van der Waals surface area contributed by atoms with Crippen molar-refractivity contribution in [2.24, 2.45) is 0 Å². The van der Waals surface area contributed by atoms with Crippen molar-refractivity contribution in [2.45, 2.75) is 98.7 Å². The number of carbonyl (C=O) groups is 4. The van der Waals surface area contributed by atoms with Gasteiger partial charge in [-0.05, 0) is 110 Å². The minimum Gasteiger partial charge on any atom is -0.496 e. The molecular formula is C46H56Cl2N6O10S2. The molecule has 4 aromatic rings. The number of rotatable bonds is 16. The number of sulfonamides is 2. The molecular weight excluding hydrogens is 932 g/mol. The second-order valence-corrected chi connectivity index (χ2v) is 17.3. The summed E-state index contributed by atoms with van der Waals surface area (Å²) in [5.74, 6) is -2.71. The fourth-order valence-electron chi connectivity index (χ4n) is 5.58. The van der Waals surface area contributed by atoms with Crippen molar-refractivity contribution in [3.63, 3.8) is 0 Å². The average Bonchev–Trinajstić information content (AvgIpc) is 0.664. The summed E-state index contributed by atoms with van der Waals surface area (Å²) < 4.78 is 267. The van der Waals surface area contributed by atoms with E-state index >= 15 is 0 Å². The van der Waals surface area contributed by atoms with Gasteiger partial charge in [0.15, 0.2) is 0 Å². The van der Waals surface area contributed by atoms with Gasteiger partial charge in [-0.1, -0.05) is 85.8 Å². The number of carbonyl (C=O) groups excluding carboxylic acids is 4. The van der Waals surface area contributed by atoms with Crippen LogP contribution in [0.1, 0.15) is 130 Å². The first-order valence-corrected chi connectivity index (χ1v) is 22.9. The first-order chi connectivity index (χ1) is 41.6.